The monoisotopic (exact) mass is 671 g/mol. The summed E-state index contributed by atoms with van der Waals surface area (Å²) in [4.78, 5) is 60.3. The molecule has 2 aliphatic carbocycles. The molecule has 1 saturated heterocycles. The molecule has 3 heterocycles. The fraction of sp³-hybridized carbons (Fsp3) is 0.606. The molecule has 3 fully saturated rings. The molecule has 5 atom stereocenters. The summed E-state index contributed by atoms with van der Waals surface area (Å²) < 4.78 is 39.1. The number of ether oxygens (including phenoxy) is 2. The number of fused-ring (bicyclic) bond motifs is 3. The van der Waals surface area contributed by atoms with Crippen molar-refractivity contribution in [3.8, 4) is 5.75 Å². The minimum Gasteiger partial charge on any atom is -0.486 e. The second-order valence-corrected chi connectivity index (χ2v) is 15.8. The van der Waals surface area contributed by atoms with Crippen LogP contribution in [0.1, 0.15) is 77.8 Å². The van der Waals surface area contributed by atoms with E-state index in [-0.39, 0.29) is 26.0 Å². The van der Waals surface area contributed by atoms with Gasteiger partial charge in [-0.1, -0.05) is 32.9 Å². The Morgan fingerprint density at radius 1 is 1.19 bits per heavy atom. The van der Waals surface area contributed by atoms with Crippen LogP contribution in [0.25, 0.3) is 6.08 Å². The molecule has 0 radical (unpaired) electrons. The molecule has 2 aliphatic heterocycles. The molecule has 0 unspecified atom stereocenters. The number of nitrogens with one attached hydrogen (secondary N) is 3. The van der Waals surface area contributed by atoms with E-state index in [1.54, 1.807) is 39.1 Å². The van der Waals surface area contributed by atoms with Gasteiger partial charge in [0.05, 0.1) is 18.4 Å². The number of carbonyl (C=O) groups excluding carboxylic acids is 4. The van der Waals surface area contributed by atoms with E-state index in [0.29, 0.717) is 30.7 Å². The largest absolute Gasteiger partial charge is 0.486 e. The number of aromatic nitrogens is 1. The molecule has 1 aromatic heterocycles. The number of nitrogens with zero attached hydrogens (tertiary/aromatic N) is 2. The maximum Gasteiger partial charge on any atom is 0.407 e. The molecule has 14 heteroatoms. The van der Waals surface area contributed by atoms with Gasteiger partial charge in [0.15, 0.2) is 0 Å². The Labute approximate surface area is 276 Å². The number of sulfonamides is 1. The Balaban J connectivity index is 1.44. The van der Waals surface area contributed by atoms with Crippen molar-refractivity contribution in [2.45, 2.75) is 101 Å². The highest BCUT2D eigenvalue weighted by Gasteiger charge is 2.62. The Kier molecular flexibility index (Phi) is 9.99. The van der Waals surface area contributed by atoms with Crippen molar-refractivity contribution in [3.63, 3.8) is 0 Å². The SMILES string of the molecule is C=C[C@@H]1C[C@]1(NC(=O)[C@@H]1C[C@@H]2CN1C(=O)[C@H](C(C)(C)C)NC(=O)OCCCCC/C=C\c1ncccc1O2)C(=O)NS(=O)(=O)C1CC1. The second kappa shape index (κ2) is 13.7. The molecule has 256 valence electrons. The summed E-state index contributed by atoms with van der Waals surface area (Å²) in [7, 11) is -3.87. The summed E-state index contributed by atoms with van der Waals surface area (Å²) in [5, 5.41) is 4.87. The summed E-state index contributed by atoms with van der Waals surface area (Å²) in [6.07, 6.45) is 10.1. The van der Waals surface area contributed by atoms with Crippen LogP contribution >= 0.6 is 0 Å². The molecule has 47 heavy (non-hydrogen) atoms. The highest BCUT2D eigenvalue weighted by molar-refractivity contribution is 7.91. The van der Waals surface area contributed by atoms with Gasteiger partial charge < -0.3 is 25.0 Å². The first-order valence-electron chi connectivity index (χ1n) is 16.3. The summed E-state index contributed by atoms with van der Waals surface area (Å²) in [5.74, 6) is -1.98. The van der Waals surface area contributed by atoms with Crippen LogP contribution in [0.2, 0.25) is 0 Å². The van der Waals surface area contributed by atoms with Crippen LogP contribution in [-0.4, -0.2) is 84.2 Å². The summed E-state index contributed by atoms with van der Waals surface area (Å²) in [5.41, 5.74) is -1.67. The van der Waals surface area contributed by atoms with Crippen LogP contribution in [0.5, 0.6) is 5.75 Å². The summed E-state index contributed by atoms with van der Waals surface area (Å²) >= 11 is 0. The molecule has 4 aliphatic rings. The van der Waals surface area contributed by atoms with E-state index in [1.165, 1.54) is 11.0 Å². The quantitative estimate of drug-likeness (QED) is 0.385. The normalized spacial score (nSPS) is 29.5. The van der Waals surface area contributed by atoms with E-state index in [2.05, 4.69) is 26.9 Å². The molecular formula is C33H45N5O8S. The number of pyridine rings is 1. The van der Waals surface area contributed by atoms with Gasteiger partial charge in [0.25, 0.3) is 5.91 Å². The number of cyclic esters (lactones) is 1. The third kappa shape index (κ3) is 7.96. The minimum absolute atomic E-state index is 0.0123. The van der Waals surface area contributed by atoms with Crippen molar-refractivity contribution in [1.29, 1.82) is 0 Å². The highest BCUT2D eigenvalue weighted by atomic mass is 32.2. The second-order valence-electron chi connectivity index (χ2n) is 13.9. The minimum atomic E-state index is -3.87. The van der Waals surface area contributed by atoms with Crippen molar-refractivity contribution in [2.24, 2.45) is 11.3 Å². The van der Waals surface area contributed by atoms with Gasteiger partial charge in [-0.3, -0.25) is 24.1 Å². The zero-order chi connectivity index (χ0) is 34.0. The van der Waals surface area contributed by atoms with Gasteiger partial charge in [0.2, 0.25) is 21.8 Å². The Morgan fingerprint density at radius 2 is 1.96 bits per heavy atom. The van der Waals surface area contributed by atoms with Gasteiger partial charge in [-0.05, 0) is 68.6 Å². The van der Waals surface area contributed by atoms with Crippen molar-refractivity contribution in [2.75, 3.05) is 13.2 Å². The van der Waals surface area contributed by atoms with Crippen molar-refractivity contribution < 1.29 is 37.1 Å². The van der Waals surface area contributed by atoms with Crippen LogP contribution in [0.3, 0.4) is 0 Å². The van der Waals surface area contributed by atoms with Gasteiger partial charge in [-0.25, -0.2) is 13.2 Å². The Hall–Kier alpha value is -3.94. The molecule has 1 aromatic rings. The lowest BCUT2D eigenvalue weighted by atomic mass is 9.85. The number of amides is 4. The lowest BCUT2D eigenvalue weighted by Gasteiger charge is -2.35. The first-order valence-corrected chi connectivity index (χ1v) is 17.8. The average Bonchev–Trinajstić information content (AvgIpc) is 3.93. The molecule has 2 bridgehead atoms. The van der Waals surface area contributed by atoms with Crippen LogP contribution in [-0.2, 0) is 29.1 Å². The number of allylic oxidation sites excluding steroid dienone is 1. The zero-order valence-electron chi connectivity index (χ0n) is 27.2. The number of rotatable bonds is 6. The fourth-order valence-electron chi connectivity index (χ4n) is 6.08. The standard InChI is InChI=1S/C33H45N5O8S/c1-5-21-19-33(21,30(41)37-47(43,44)23-14-15-23)36-28(39)25-18-22-20-38(25)29(40)27(32(2,3)4)35-31(42)45-17-10-8-6-7-9-12-24-26(46-22)13-11-16-34-24/h5,9,11-13,16,21-23,25,27H,1,6-8,10,14-15,17-20H2,2-4H3,(H,35,42)(H,36,39)(H,37,41)/b12-9-/t21-,22-,25+,27-,33-/m1/s1. The van der Waals surface area contributed by atoms with E-state index in [0.717, 1.165) is 19.3 Å². The predicted octanol–water partition coefficient (Wildman–Crippen LogP) is 2.83. The molecule has 5 rings (SSSR count). The predicted molar refractivity (Wildman–Crippen MR) is 173 cm³/mol. The van der Waals surface area contributed by atoms with Gasteiger partial charge >= 0.3 is 6.09 Å². The third-order valence-electron chi connectivity index (χ3n) is 9.09. The zero-order valence-corrected chi connectivity index (χ0v) is 28.0. The van der Waals surface area contributed by atoms with Gasteiger partial charge in [-0.2, -0.15) is 0 Å². The summed E-state index contributed by atoms with van der Waals surface area (Å²) in [6, 6.07) is 1.37. The molecule has 4 amide bonds. The van der Waals surface area contributed by atoms with Gasteiger partial charge in [0.1, 0.15) is 35.2 Å². The van der Waals surface area contributed by atoms with Crippen LogP contribution in [0.15, 0.2) is 37.1 Å². The smallest absolute Gasteiger partial charge is 0.407 e. The Bertz CT molecular complexity index is 1540. The third-order valence-corrected chi connectivity index (χ3v) is 10.9. The van der Waals surface area contributed by atoms with E-state index in [9.17, 15) is 27.6 Å². The van der Waals surface area contributed by atoms with Crippen molar-refractivity contribution in [3.05, 3.63) is 42.8 Å². The maximum absolute atomic E-state index is 14.3. The molecular weight excluding hydrogens is 626 g/mol. The number of hydrogen-bond donors (Lipinski definition) is 3. The lowest BCUT2D eigenvalue weighted by Crippen LogP contribution is -2.60. The highest BCUT2D eigenvalue weighted by Crippen LogP contribution is 2.45. The van der Waals surface area contributed by atoms with Gasteiger partial charge in [0, 0.05) is 18.5 Å². The van der Waals surface area contributed by atoms with Crippen molar-refractivity contribution >= 4 is 39.9 Å². The van der Waals surface area contributed by atoms with Gasteiger partial charge in [-0.15, -0.1) is 6.58 Å². The van der Waals surface area contributed by atoms with E-state index >= 15 is 0 Å². The molecule has 3 N–H and O–H groups in total. The molecule has 2 saturated carbocycles. The molecule has 0 aromatic carbocycles. The van der Waals surface area contributed by atoms with Crippen LogP contribution < -0.4 is 20.1 Å². The topological polar surface area (TPSA) is 173 Å². The first-order chi connectivity index (χ1) is 22.2. The molecule has 0 spiro atoms. The fourth-order valence-corrected chi connectivity index (χ4v) is 7.44. The lowest BCUT2D eigenvalue weighted by molar-refractivity contribution is -0.142. The van der Waals surface area contributed by atoms with Crippen LogP contribution in [0.4, 0.5) is 4.79 Å². The van der Waals surface area contributed by atoms with Crippen LogP contribution in [0, 0.1) is 11.3 Å². The van der Waals surface area contributed by atoms with E-state index in [4.69, 9.17) is 9.47 Å². The maximum atomic E-state index is 14.3. The van der Waals surface area contributed by atoms with E-state index in [1.807, 2.05) is 12.2 Å². The number of hydrogen-bond acceptors (Lipinski definition) is 9. The Morgan fingerprint density at radius 3 is 2.64 bits per heavy atom. The van der Waals surface area contributed by atoms with Crippen molar-refractivity contribution in [1.82, 2.24) is 25.2 Å². The molecule has 13 nitrogen and oxygen atoms in total. The summed E-state index contributed by atoms with van der Waals surface area (Å²) in [6.45, 7) is 9.36. The average molecular weight is 672 g/mol. The number of carbonyl (C=O) groups is 4. The van der Waals surface area contributed by atoms with E-state index < -0.39 is 74.1 Å². The first kappa shape index (κ1) is 34.4. The number of alkyl carbamates (subject to hydrolysis) is 1.